The number of benzene rings is 2. The maximum absolute atomic E-state index is 6.03. The number of para-hydroxylation sites is 1. The summed E-state index contributed by atoms with van der Waals surface area (Å²) in [6.45, 7) is 2.67. The standard InChI is InChI=1S/C17H16N2OS/c1-10-6-11-8-12(9-18)20-16(11)13(7-10)17-19-14-4-2-3-5-15(14)21-17/h2-7,12H,8-9,18H2,1H3/t12-/m1/s1. The van der Waals surface area contributed by atoms with Gasteiger partial charge in [-0.2, -0.15) is 0 Å². The molecule has 2 heterocycles. The zero-order valence-corrected chi connectivity index (χ0v) is 12.6. The van der Waals surface area contributed by atoms with Gasteiger partial charge in [-0.05, 0) is 36.2 Å². The SMILES string of the molecule is Cc1cc2c(c(-c3nc4ccccc4s3)c1)O[C@@H](CN)C2. The highest BCUT2D eigenvalue weighted by Crippen LogP contribution is 2.42. The molecule has 1 aromatic heterocycles. The van der Waals surface area contributed by atoms with Gasteiger partial charge in [-0.1, -0.05) is 18.2 Å². The third-order valence-electron chi connectivity index (χ3n) is 3.83. The largest absolute Gasteiger partial charge is 0.488 e. The summed E-state index contributed by atoms with van der Waals surface area (Å²) in [6.07, 6.45) is 0.987. The molecule has 1 aliphatic heterocycles. The highest BCUT2D eigenvalue weighted by Gasteiger charge is 2.26. The van der Waals surface area contributed by atoms with Crippen LogP contribution in [-0.2, 0) is 6.42 Å². The molecular weight excluding hydrogens is 280 g/mol. The Kier molecular flexibility index (Phi) is 2.94. The van der Waals surface area contributed by atoms with Crippen LogP contribution in [0.4, 0.5) is 0 Å². The van der Waals surface area contributed by atoms with Crippen LogP contribution in [-0.4, -0.2) is 17.6 Å². The summed E-state index contributed by atoms with van der Waals surface area (Å²) in [5.41, 5.74) is 10.4. The maximum Gasteiger partial charge on any atom is 0.133 e. The Bertz CT molecular complexity index is 792. The molecule has 2 aromatic carbocycles. The van der Waals surface area contributed by atoms with Crippen LogP contribution in [0.25, 0.3) is 20.8 Å². The van der Waals surface area contributed by atoms with Crippen molar-refractivity contribution >= 4 is 21.6 Å². The predicted octanol–water partition coefficient (Wildman–Crippen LogP) is 3.53. The first-order valence-electron chi connectivity index (χ1n) is 7.11. The molecule has 1 atom stereocenters. The Morgan fingerprint density at radius 3 is 3.00 bits per heavy atom. The van der Waals surface area contributed by atoms with Crippen molar-refractivity contribution in [1.82, 2.24) is 4.98 Å². The number of nitrogens with two attached hydrogens (primary N) is 1. The molecule has 0 radical (unpaired) electrons. The fourth-order valence-corrected chi connectivity index (χ4v) is 3.85. The van der Waals surface area contributed by atoms with E-state index in [1.807, 2.05) is 12.1 Å². The van der Waals surface area contributed by atoms with Gasteiger partial charge in [0.2, 0.25) is 0 Å². The Morgan fingerprint density at radius 2 is 2.19 bits per heavy atom. The number of rotatable bonds is 2. The Morgan fingerprint density at radius 1 is 1.33 bits per heavy atom. The summed E-state index contributed by atoms with van der Waals surface area (Å²) < 4.78 is 7.24. The zero-order chi connectivity index (χ0) is 14.4. The number of thiazole rings is 1. The van der Waals surface area contributed by atoms with Crippen molar-refractivity contribution in [3.05, 3.63) is 47.5 Å². The second-order valence-electron chi connectivity index (χ2n) is 5.47. The van der Waals surface area contributed by atoms with E-state index in [0.717, 1.165) is 28.3 Å². The summed E-state index contributed by atoms with van der Waals surface area (Å²) in [4.78, 5) is 4.76. The van der Waals surface area contributed by atoms with E-state index in [1.165, 1.54) is 15.8 Å². The lowest BCUT2D eigenvalue weighted by atomic mass is 10.0. The lowest BCUT2D eigenvalue weighted by molar-refractivity contribution is 0.242. The number of hydrogen-bond donors (Lipinski definition) is 1. The van der Waals surface area contributed by atoms with Gasteiger partial charge >= 0.3 is 0 Å². The van der Waals surface area contributed by atoms with Crippen LogP contribution >= 0.6 is 11.3 Å². The minimum Gasteiger partial charge on any atom is -0.488 e. The van der Waals surface area contributed by atoms with Gasteiger partial charge in [0.25, 0.3) is 0 Å². The van der Waals surface area contributed by atoms with Crippen LogP contribution in [0.3, 0.4) is 0 Å². The highest BCUT2D eigenvalue weighted by atomic mass is 32.1. The molecule has 0 bridgehead atoms. The number of fused-ring (bicyclic) bond motifs is 2. The number of aryl methyl sites for hydroxylation is 1. The molecule has 0 saturated carbocycles. The van der Waals surface area contributed by atoms with Gasteiger partial charge in [0.15, 0.2) is 0 Å². The normalized spacial score (nSPS) is 17.0. The molecule has 106 valence electrons. The Labute approximate surface area is 127 Å². The molecule has 3 nitrogen and oxygen atoms in total. The van der Waals surface area contributed by atoms with Gasteiger partial charge in [0, 0.05) is 13.0 Å². The van der Waals surface area contributed by atoms with Crippen LogP contribution in [0.5, 0.6) is 5.75 Å². The number of hydrogen-bond acceptors (Lipinski definition) is 4. The van der Waals surface area contributed by atoms with Gasteiger partial charge in [-0.25, -0.2) is 4.98 Å². The maximum atomic E-state index is 6.03. The first kappa shape index (κ1) is 12.8. The van der Waals surface area contributed by atoms with Gasteiger partial charge in [-0.15, -0.1) is 11.3 Å². The van der Waals surface area contributed by atoms with Crippen molar-refractivity contribution in [2.24, 2.45) is 5.73 Å². The van der Waals surface area contributed by atoms with E-state index in [9.17, 15) is 0 Å². The second kappa shape index (κ2) is 4.83. The van der Waals surface area contributed by atoms with E-state index in [2.05, 4.69) is 31.2 Å². The smallest absolute Gasteiger partial charge is 0.133 e. The average Bonchev–Trinajstić information content (AvgIpc) is 3.09. The van der Waals surface area contributed by atoms with E-state index >= 15 is 0 Å². The van der Waals surface area contributed by atoms with Crippen LogP contribution in [0, 0.1) is 6.92 Å². The zero-order valence-electron chi connectivity index (χ0n) is 11.8. The summed E-state index contributed by atoms with van der Waals surface area (Å²) in [5.74, 6) is 0.968. The molecule has 2 N–H and O–H groups in total. The molecule has 0 amide bonds. The first-order chi connectivity index (χ1) is 10.2. The molecule has 0 unspecified atom stereocenters. The summed E-state index contributed by atoms with van der Waals surface area (Å²) >= 11 is 1.71. The Balaban J connectivity index is 1.89. The molecule has 0 spiro atoms. The average molecular weight is 296 g/mol. The summed E-state index contributed by atoms with van der Waals surface area (Å²) in [5, 5.41) is 1.02. The van der Waals surface area contributed by atoms with Gasteiger partial charge in [-0.3, -0.25) is 0 Å². The quantitative estimate of drug-likeness (QED) is 0.787. The molecule has 3 aromatic rings. The molecule has 0 fully saturated rings. The minimum atomic E-state index is 0.0925. The second-order valence-corrected chi connectivity index (χ2v) is 6.50. The van der Waals surface area contributed by atoms with E-state index in [4.69, 9.17) is 15.5 Å². The van der Waals surface area contributed by atoms with Crippen LogP contribution in [0.15, 0.2) is 36.4 Å². The van der Waals surface area contributed by atoms with Crippen LogP contribution < -0.4 is 10.5 Å². The number of nitrogens with zero attached hydrogens (tertiary/aromatic N) is 1. The lowest BCUT2D eigenvalue weighted by Crippen LogP contribution is -2.24. The molecule has 4 heteroatoms. The van der Waals surface area contributed by atoms with E-state index in [-0.39, 0.29) is 6.10 Å². The summed E-state index contributed by atoms with van der Waals surface area (Å²) in [6, 6.07) is 12.6. The van der Waals surface area contributed by atoms with Gasteiger partial charge in [0.05, 0.1) is 15.8 Å². The van der Waals surface area contributed by atoms with Crippen LogP contribution in [0.1, 0.15) is 11.1 Å². The molecule has 4 rings (SSSR count). The van der Waals surface area contributed by atoms with Crippen molar-refractivity contribution in [3.8, 4) is 16.3 Å². The number of ether oxygens (including phenoxy) is 1. The van der Waals surface area contributed by atoms with Crippen molar-refractivity contribution in [2.45, 2.75) is 19.4 Å². The number of aromatic nitrogens is 1. The summed E-state index contributed by atoms with van der Waals surface area (Å²) in [7, 11) is 0. The fourth-order valence-electron chi connectivity index (χ4n) is 2.87. The van der Waals surface area contributed by atoms with Crippen molar-refractivity contribution in [1.29, 1.82) is 0 Å². The lowest BCUT2D eigenvalue weighted by Gasteiger charge is -2.09. The van der Waals surface area contributed by atoms with Crippen molar-refractivity contribution in [3.63, 3.8) is 0 Å². The molecule has 21 heavy (non-hydrogen) atoms. The van der Waals surface area contributed by atoms with Crippen molar-refractivity contribution < 1.29 is 4.74 Å². The van der Waals surface area contributed by atoms with Crippen molar-refractivity contribution in [2.75, 3.05) is 6.54 Å². The molecule has 0 aliphatic carbocycles. The topological polar surface area (TPSA) is 48.1 Å². The fraction of sp³-hybridized carbons (Fsp3) is 0.235. The predicted molar refractivity (Wildman–Crippen MR) is 87.0 cm³/mol. The third kappa shape index (κ3) is 2.11. The first-order valence-corrected chi connectivity index (χ1v) is 7.92. The van der Waals surface area contributed by atoms with E-state index in [1.54, 1.807) is 11.3 Å². The molecule has 0 saturated heterocycles. The van der Waals surface area contributed by atoms with Crippen LogP contribution in [0.2, 0.25) is 0 Å². The Hall–Kier alpha value is -1.91. The monoisotopic (exact) mass is 296 g/mol. The minimum absolute atomic E-state index is 0.0925. The van der Waals surface area contributed by atoms with E-state index in [0.29, 0.717) is 6.54 Å². The molecule has 1 aliphatic rings. The third-order valence-corrected chi connectivity index (χ3v) is 4.90. The van der Waals surface area contributed by atoms with Gasteiger partial charge < -0.3 is 10.5 Å². The van der Waals surface area contributed by atoms with E-state index < -0.39 is 0 Å². The van der Waals surface area contributed by atoms with Gasteiger partial charge in [0.1, 0.15) is 16.9 Å². The highest BCUT2D eigenvalue weighted by molar-refractivity contribution is 7.21. The molecular formula is C17H16N2OS.